The van der Waals surface area contributed by atoms with Crippen molar-refractivity contribution in [2.24, 2.45) is 0 Å². The van der Waals surface area contributed by atoms with Gasteiger partial charge in [-0.2, -0.15) is 10.2 Å². The molecule has 0 radical (unpaired) electrons. The van der Waals surface area contributed by atoms with Gasteiger partial charge in [0, 0.05) is 45.0 Å². The highest BCUT2D eigenvalue weighted by molar-refractivity contribution is 6.32. The molecule has 4 heterocycles. The van der Waals surface area contributed by atoms with Gasteiger partial charge in [0.05, 0.1) is 30.7 Å². The molecule has 0 N–H and O–H groups in total. The molecule has 3 aromatic heterocycles. The van der Waals surface area contributed by atoms with Crippen molar-refractivity contribution < 1.29 is 4.74 Å². The minimum absolute atomic E-state index is 0.524. The monoisotopic (exact) mass is 463 g/mol. The number of hydrogen-bond donors (Lipinski definition) is 0. The first-order valence-electron chi connectivity index (χ1n) is 11.2. The van der Waals surface area contributed by atoms with E-state index in [2.05, 4.69) is 15.0 Å². The van der Waals surface area contributed by atoms with E-state index < -0.39 is 0 Å². The first kappa shape index (κ1) is 21.8. The van der Waals surface area contributed by atoms with E-state index in [1.165, 1.54) is 0 Å². The molecule has 0 saturated carbocycles. The Hall–Kier alpha value is -3.07. The molecule has 8 nitrogen and oxygen atoms in total. The van der Waals surface area contributed by atoms with E-state index in [4.69, 9.17) is 26.4 Å². The Bertz CT molecular complexity index is 1170. The van der Waals surface area contributed by atoms with E-state index in [1.807, 2.05) is 53.3 Å². The number of aryl methyl sites for hydroxylation is 1. The van der Waals surface area contributed by atoms with Crippen LogP contribution in [0.1, 0.15) is 17.8 Å². The lowest BCUT2D eigenvalue weighted by molar-refractivity contribution is 0.0368. The molecule has 0 amide bonds. The van der Waals surface area contributed by atoms with Crippen LogP contribution in [0.3, 0.4) is 0 Å². The van der Waals surface area contributed by atoms with Crippen LogP contribution >= 0.6 is 11.6 Å². The van der Waals surface area contributed by atoms with E-state index in [1.54, 1.807) is 17.1 Å². The zero-order valence-corrected chi connectivity index (χ0v) is 19.1. The number of para-hydroxylation sites is 1. The second-order valence-electron chi connectivity index (χ2n) is 8.02. The van der Waals surface area contributed by atoms with E-state index in [-0.39, 0.29) is 0 Å². The number of hydrogen-bond acceptors (Lipinski definition) is 6. The summed E-state index contributed by atoms with van der Waals surface area (Å²) in [7, 11) is 0. The van der Waals surface area contributed by atoms with Gasteiger partial charge in [-0.3, -0.25) is 9.88 Å². The van der Waals surface area contributed by atoms with Crippen molar-refractivity contribution in [1.29, 1.82) is 0 Å². The van der Waals surface area contributed by atoms with Gasteiger partial charge in [0.25, 0.3) is 0 Å². The molecule has 9 heteroatoms. The number of aromatic nitrogens is 6. The Balaban J connectivity index is 1.41. The van der Waals surface area contributed by atoms with Crippen molar-refractivity contribution in [3.8, 4) is 17.1 Å². The Morgan fingerprint density at radius 2 is 1.82 bits per heavy atom. The summed E-state index contributed by atoms with van der Waals surface area (Å²) < 4.78 is 9.14. The molecule has 5 rings (SSSR count). The SMILES string of the molecule is Clc1c(-c2nc(Cc3cccnc3)nn2CCCN2CCOCC2)cnn1-c1ccccc1. The van der Waals surface area contributed by atoms with E-state index in [9.17, 15) is 0 Å². The largest absolute Gasteiger partial charge is 0.379 e. The summed E-state index contributed by atoms with van der Waals surface area (Å²) in [6.45, 7) is 5.31. The third kappa shape index (κ3) is 5.13. The van der Waals surface area contributed by atoms with Crippen molar-refractivity contribution in [1.82, 2.24) is 34.4 Å². The molecular formula is C24H26ClN7O. The minimum atomic E-state index is 0.524. The van der Waals surface area contributed by atoms with Crippen LogP contribution in [-0.4, -0.2) is 67.3 Å². The van der Waals surface area contributed by atoms with E-state index in [0.717, 1.165) is 74.3 Å². The Labute approximate surface area is 197 Å². The fourth-order valence-corrected chi connectivity index (χ4v) is 4.28. The molecule has 0 unspecified atom stereocenters. The van der Waals surface area contributed by atoms with Crippen LogP contribution in [0.5, 0.6) is 0 Å². The highest BCUT2D eigenvalue weighted by Gasteiger charge is 2.20. The van der Waals surface area contributed by atoms with Gasteiger partial charge in [0.15, 0.2) is 11.6 Å². The van der Waals surface area contributed by atoms with Gasteiger partial charge in [-0.25, -0.2) is 14.3 Å². The van der Waals surface area contributed by atoms with Gasteiger partial charge in [0.2, 0.25) is 0 Å². The van der Waals surface area contributed by atoms with Crippen LogP contribution < -0.4 is 0 Å². The van der Waals surface area contributed by atoms with Crippen LogP contribution in [0.25, 0.3) is 17.1 Å². The van der Waals surface area contributed by atoms with Crippen molar-refractivity contribution >= 4 is 11.6 Å². The average molecular weight is 464 g/mol. The van der Waals surface area contributed by atoms with Gasteiger partial charge < -0.3 is 4.74 Å². The molecule has 0 spiro atoms. The quantitative estimate of drug-likeness (QED) is 0.398. The summed E-state index contributed by atoms with van der Waals surface area (Å²) in [5, 5.41) is 9.87. The third-order valence-electron chi connectivity index (χ3n) is 5.70. The molecule has 1 saturated heterocycles. The zero-order chi connectivity index (χ0) is 22.5. The highest BCUT2D eigenvalue weighted by Crippen LogP contribution is 2.29. The van der Waals surface area contributed by atoms with Crippen molar-refractivity contribution in [3.05, 3.63) is 77.6 Å². The van der Waals surface area contributed by atoms with Crippen molar-refractivity contribution in [3.63, 3.8) is 0 Å². The van der Waals surface area contributed by atoms with Crippen molar-refractivity contribution in [2.75, 3.05) is 32.8 Å². The maximum atomic E-state index is 6.78. The molecule has 1 aliphatic heterocycles. The lowest BCUT2D eigenvalue weighted by Gasteiger charge is -2.26. The summed E-state index contributed by atoms with van der Waals surface area (Å²) in [6.07, 6.45) is 6.96. The fourth-order valence-electron chi connectivity index (χ4n) is 4.01. The van der Waals surface area contributed by atoms with Gasteiger partial charge in [-0.15, -0.1) is 0 Å². The maximum Gasteiger partial charge on any atom is 0.163 e. The molecule has 1 aliphatic rings. The molecule has 1 fully saturated rings. The van der Waals surface area contributed by atoms with Crippen LogP contribution in [0.4, 0.5) is 0 Å². The third-order valence-corrected chi connectivity index (χ3v) is 6.06. The molecule has 170 valence electrons. The number of benzene rings is 1. The van der Waals surface area contributed by atoms with Gasteiger partial charge >= 0.3 is 0 Å². The van der Waals surface area contributed by atoms with Gasteiger partial charge in [-0.05, 0) is 30.2 Å². The normalized spacial score (nSPS) is 14.6. The summed E-state index contributed by atoms with van der Waals surface area (Å²) >= 11 is 6.78. The molecular weight excluding hydrogens is 438 g/mol. The fraction of sp³-hybridized carbons (Fsp3) is 0.333. The summed E-state index contributed by atoms with van der Waals surface area (Å²) in [6, 6.07) is 13.8. The highest BCUT2D eigenvalue weighted by atomic mass is 35.5. The molecule has 4 aromatic rings. The topological polar surface area (TPSA) is 73.9 Å². The molecule has 0 atom stereocenters. The Kier molecular flexibility index (Phi) is 6.76. The maximum absolute atomic E-state index is 6.78. The average Bonchev–Trinajstić information content (AvgIpc) is 3.43. The first-order valence-corrected chi connectivity index (χ1v) is 11.6. The molecule has 0 bridgehead atoms. The van der Waals surface area contributed by atoms with Crippen LogP contribution in [0.15, 0.2) is 61.1 Å². The lowest BCUT2D eigenvalue weighted by atomic mass is 10.2. The molecule has 0 aliphatic carbocycles. The Morgan fingerprint density at radius 1 is 0.970 bits per heavy atom. The Morgan fingerprint density at radius 3 is 2.61 bits per heavy atom. The van der Waals surface area contributed by atoms with Crippen LogP contribution in [-0.2, 0) is 17.7 Å². The second kappa shape index (κ2) is 10.2. The number of nitrogens with zero attached hydrogens (tertiary/aromatic N) is 7. The summed E-state index contributed by atoms with van der Waals surface area (Å²) in [5.41, 5.74) is 2.75. The predicted octanol–water partition coefficient (Wildman–Crippen LogP) is 3.49. The van der Waals surface area contributed by atoms with Crippen molar-refractivity contribution in [2.45, 2.75) is 19.4 Å². The molecule has 33 heavy (non-hydrogen) atoms. The zero-order valence-electron chi connectivity index (χ0n) is 18.3. The minimum Gasteiger partial charge on any atom is -0.379 e. The summed E-state index contributed by atoms with van der Waals surface area (Å²) in [5.74, 6) is 1.48. The van der Waals surface area contributed by atoms with Gasteiger partial charge in [-0.1, -0.05) is 35.9 Å². The predicted molar refractivity (Wildman–Crippen MR) is 127 cm³/mol. The summed E-state index contributed by atoms with van der Waals surface area (Å²) in [4.78, 5) is 11.5. The second-order valence-corrected chi connectivity index (χ2v) is 8.37. The smallest absolute Gasteiger partial charge is 0.163 e. The first-order chi connectivity index (χ1) is 16.3. The van der Waals surface area contributed by atoms with Crippen LogP contribution in [0, 0.1) is 0 Å². The number of morpholine rings is 1. The van der Waals surface area contributed by atoms with Gasteiger partial charge in [0.1, 0.15) is 5.15 Å². The van der Waals surface area contributed by atoms with E-state index in [0.29, 0.717) is 11.6 Å². The molecule has 1 aromatic carbocycles. The number of pyridine rings is 1. The number of halogens is 1. The lowest BCUT2D eigenvalue weighted by Crippen LogP contribution is -2.37. The standard InChI is InChI=1S/C24H26ClN7O/c25-23-21(18-27-32(23)20-7-2-1-3-8-20)24-28-22(16-19-6-4-9-26-17-19)29-31(24)11-5-10-30-12-14-33-15-13-30/h1-4,6-9,17-18H,5,10-16H2. The van der Waals surface area contributed by atoms with Crippen LogP contribution in [0.2, 0.25) is 5.15 Å². The van der Waals surface area contributed by atoms with E-state index >= 15 is 0 Å². The number of ether oxygens (including phenoxy) is 1. The number of rotatable bonds is 8.